The number of aromatic nitrogens is 2. The molecule has 146 valence electrons. The Kier molecular flexibility index (Phi) is 5.29. The Hall–Kier alpha value is -2.13. The Labute approximate surface area is 167 Å². The molecule has 0 N–H and O–H groups in total. The fraction of sp³-hybridized carbons (Fsp3) is 0.316. The number of likely N-dealkylation sites (tertiary alicyclic amines) is 1. The molecule has 0 spiro atoms. The first-order valence-electron chi connectivity index (χ1n) is 8.73. The number of nitrogens with zero attached hydrogens (tertiary/aromatic N) is 3. The Morgan fingerprint density at radius 2 is 2.04 bits per heavy atom. The fourth-order valence-corrected chi connectivity index (χ4v) is 5.12. The topological polar surface area (TPSA) is 46.1 Å². The molecule has 0 saturated carbocycles. The summed E-state index contributed by atoms with van der Waals surface area (Å²) < 4.78 is 39.4. The van der Waals surface area contributed by atoms with E-state index in [0.717, 1.165) is 29.5 Å². The minimum Gasteiger partial charge on any atom is -0.334 e. The van der Waals surface area contributed by atoms with Crippen LogP contribution in [0.3, 0.4) is 0 Å². The summed E-state index contributed by atoms with van der Waals surface area (Å²) in [5.74, 6) is -1.23. The minimum atomic E-state index is -4.64. The van der Waals surface area contributed by atoms with Crippen molar-refractivity contribution in [1.29, 1.82) is 0 Å². The maximum atomic E-state index is 13.1. The molecule has 0 bridgehead atoms. The standard InChI is InChI=1S/C19H16F3N3OS2/c20-19(21,22)18-23-13-6-2-1-5-12(13)17(24-18)28-11-16(26)25-9-3-7-14(25)15-8-4-10-27-15/h1-2,4-6,8,10,14H,3,7,9,11H2/t14-/m0/s1. The van der Waals surface area contributed by atoms with Crippen LogP contribution in [0, 0.1) is 0 Å². The third kappa shape index (κ3) is 3.86. The number of carbonyl (C=O) groups is 1. The molecule has 1 aromatic carbocycles. The minimum absolute atomic E-state index is 0.0418. The SMILES string of the molecule is O=C(CSc1nc(C(F)(F)F)nc2ccccc12)N1CCC[C@H]1c1cccs1. The number of hydrogen-bond donors (Lipinski definition) is 0. The average molecular weight is 423 g/mol. The summed E-state index contributed by atoms with van der Waals surface area (Å²) in [5, 5.41) is 2.68. The number of benzene rings is 1. The highest BCUT2D eigenvalue weighted by molar-refractivity contribution is 8.00. The second-order valence-corrected chi connectivity index (χ2v) is 8.36. The summed E-state index contributed by atoms with van der Waals surface area (Å²) >= 11 is 2.65. The summed E-state index contributed by atoms with van der Waals surface area (Å²) in [6.07, 6.45) is -2.80. The molecule has 1 amide bonds. The first kappa shape index (κ1) is 19.2. The van der Waals surface area contributed by atoms with Crippen LogP contribution in [0.25, 0.3) is 10.9 Å². The number of para-hydroxylation sites is 1. The summed E-state index contributed by atoms with van der Waals surface area (Å²) in [7, 11) is 0. The Bertz CT molecular complexity index is 992. The zero-order valence-corrected chi connectivity index (χ0v) is 16.3. The number of thiophene rings is 1. The smallest absolute Gasteiger partial charge is 0.334 e. The van der Waals surface area contributed by atoms with Crippen LogP contribution < -0.4 is 0 Å². The van der Waals surface area contributed by atoms with Gasteiger partial charge in [-0.1, -0.05) is 36.0 Å². The van der Waals surface area contributed by atoms with Crippen LogP contribution in [0.1, 0.15) is 29.6 Å². The van der Waals surface area contributed by atoms with E-state index < -0.39 is 12.0 Å². The molecule has 1 fully saturated rings. The molecule has 3 aromatic rings. The second-order valence-electron chi connectivity index (χ2n) is 6.42. The molecule has 28 heavy (non-hydrogen) atoms. The van der Waals surface area contributed by atoms with Crippen LogP contribution >= 0.6 is 23.1 Å². The predicted octanol–water partition coefficient (Wildman–Crippen LogP) is 5.17. The highest BCUT2D eigenvalue weighted by atomic mass is 32.2. The van der Waals surface area contributed by atoms with Crippen LogP contribution in [-0.2, 0) is 11.0 Å². The Balaban J connectivity index is 1.56. The molecule has 0 unspecified atom stereocenters. The van der Waals surface area contributed by atoms with Gasteiger partial charge in [0.25, 0.3) is 0 Å². The first-order valence-corrected chi connectivity index (χ1v) is 10.6. The summed E-state index contributed by atoms with van der Waals surface area (Å²) in [6, 6.07) is 10.6. The van der Waals surface area contributed by atoms with Gasteiger partial charge in [-0.15, -0.1) is 11.3 Å². The lowest BCUT2D eigenvalue weighted by molar-refractivity contribution is -0.145. The van der Waals surface area contributed by atoms with Gasteiger partial charge in [-0.2, -0.15) is 13.2 Å². The van der Waals surface area contributed by atoms with E-state index in [-0.39, 0.29) is 28.2 Å². The maximum Gasteiger partial charge on any atom is 0.451 e. The number of hydrogen-bond acceptors (Lipinski definition) is 5. The third-order valence-electron chi connectivity index (χ3n) is 4.60. The van der Waals surface area contributed by atoms with Crippen LogP contribution in [0.4, 0.5) is 13.2 Å². The molecule has 1 atom stereocenters. The van der Waals surface area contributed by atoms with Crippen molar-refractivity contribution in [2.45, 2.75) is 30.1 Å². The van der Waals surface area contributed by atoms with Gasteiger partial charge in [0.1, 0.15) is 5.03 Å². The number of rotatable bonds is 4. The van der Waals surface area contributed by atoms with Crippen LogP contribution in [0.2, 0.25) is 0 Å². The van der Waals surface area contributed by atoms with Crippen molar-refractivity contribution in [2.24, 2.45) is 0 Å². The third-order valence-corrected chi connectivity index (χ3v) is 6.55. The monoisotopic (exact) mass is 423 g/mol. The van der Waals surface area contributed by atoms with Gasteiger partial charge >= 0.3 is 6.18 Å². The molecular formula is C19H16F3N3OS2. The first-order chi connectivity index (χ1) is 13.4. The van der Waals surface area contributed by atoms with Crippen LogP contribution in [0.5, 0.6) is 0 Å². The molecule has 1 aliphatic rings. The molecule has 0 aliphatic carbocycles. The zero-order valence-electron chi connectivity index (χ0n) is 14.6. The van der Waals surface area contributed by atoms with Crippen molar-refractivity contribution in [2.75, 3.05) is 12.3 Å². The molecule has 0 radical (unpaired) electrons. The summed E-state index contributed by atoms with van der Waals surface area (Å²) in [6.45, 7) is 0.667. The van der Waals surface area contributed by atoms with E-state index >= 15 is 0 Å². The van der Waals surface area contributed by atoms with Gasteiger partial charge in [-0.25, -0.2) is 9.97 Å². The van der Waals surface area contributed by atoms with Crippen molar-refractivity contribution in [1.82, 2.24) is 14.9 Å². The number of fused-ring (bicyclic) bond motifs is 1. The average Bonchev–Trinajstić information content (AvgIpc) is 3.35. The number of thioether (sulfide) groups is 1. The Morgan fingerprint density at radius 3 is 2.79 bits per heavy atom. The Morgan fingerprint density at radius 1 is 1.21 bits per heavy atom. The highest BCUT2D eigenvalue weighted by Crippen LogP contribution is 2.36. The number of carbonyl (C=O) groups excluding carboxylic acids is 1. The molecule has 9 heteroatoms. The van der Waals surface area contributed by atoms with Crippen molar-refractivity contribution < 1.29 is 18.0 Å². The van der Waals surface area contributed by atoms with Crippen molar-refractivity contribution >= 4 is 39.9 Å². The van der Waals surface area contributed by atoms with Crippen LogP contribution in [0.15, 0.2) is 46.8 Å². The fourth-order valence-electron chi connectivity index (χ4n) is 3.34. The quantitative estimate of drug-likeness (QED) is 0.429. The molecule has 4 nitrogen and oxygen atoms in total. The van der Waals surface area contributed by atoms with E-state index in [0.29, 0.717) is 11.9 Å². The van der Waals surface area contributed by atoms with Gasteiger partial charge in [0.15, 0.2) is 0 Å². The largest absolute Gasteiger partial charge is 0.451 e. The van der Waals surface area contributed by atoms with Gasteiger partial charge < -0.3 is 4.90 Å². The lowest BCUT2D eigenvalue weighted by Gasteiger charge is -2.23. The van der Waals surface area contributed by atoms with Gasteiger partial charge in [0.2, 0.25) is 11.7 Å². The zero-order chi connectivity index (χ0) is 19.7. The summed E-state index contributed by atoms with van der Waals surface area (Å²) in [4.78, 5) is 23.1. The normalized spacial score (nSPS) is 17.4. The van der Waals surface area contributed by atoms with E-state index in [2.05, 4.69) is 9.97 Å². The molecule has 3 heterocycles. The van der Waals surface area contributed by atoms with E-state index in [4.69, 9.17) is 0 Å². The van der Waals surface area contributed by atoms with Crippen LogP contribution in [-0.4, -0.2) is 33.1 Å². The number of amides is 1. The van der Waals surface area contributed by atoms with Gasteiger partial charge in [0.05, 0.1) is 17.3 Å². The van der Waals surface area contributed by atoms with E-state index in [9.17, 15) is 18.0 Å². The molecule has 2 aromatic heterocycles. The maximum absolute atomic E-state index is 13.1. The lowest BCUT2D eigenvalue weighted by Crippen LogP contribution is -2.31. The molecule has 1 saturated heterocycles. The summed E-state index contributed by atoms with van der Waals surface area (Å²) in [5.41, 5.74) is 0.220. The predicted molar refractivity (Wildman–Crippen MR) is 103 cm³/mol. The van der Waals surface area contributed by atoms with Crippen molar-refractivity contribution in [3.05, 3.63) is 52.5 Å². The molecule has 1 aliphatic heterocycles. The van der Waals surface area contributed by atoms with E-state index in [1.54, 1.807) is 29.5 Å². The van der Waals surface area contributed by atoms with E-state index in [1.807, 2.05) is 22.4 Å². The van der Waals surface area contributed by atoms with Gasteiger partial charge in [0, 0.05) is 16.8 Å². The van der Waals surface area contributed by atoms with Gasteiger partial charge in [-0.3, -0.25) is 4.79 Å². The van der Waals surface area contributed by atoms with Gasteiger partial charge in [-0.05, 0) is 30.4 Å². The molecule has 4 rings (SSSR count). The number of halogens is 3. The van der Waals surface area contributed by atoms with E-state index in [1.165, 1.54) is 6.07 Å². The highest BCUT2D eigenvalue weighted by Gasteiger charge is 2.36. The number of alkyl halides is 3. The van der Waals surface area contributed by atoms with Crippen molar-refractivity contribution in [3.63, 3.8) is 0 Å². The van der Waals surface area contributed by atoms with Crippen molar-refractivity contribution in [3.8, 4) is 0 Å². The second kappa shape index (κ2) is 7.71. The lowest BCUT2D eigenvalue weighted by atomic mass is 10.2. The molecular weight excluding hydrogens is 407 g/mol.